The van der Waals surface area contributed by atoms with Gasteiger partial charge in [-0.05, 0) is 36.4 Å². The zero-order valence-corrected chi connectivity index (χ0v) is 15.5. The minimum absolute atomic E-state index is 0.0897. The standard InChI is InChI=1S/C20H20F3N3O2/c1-25(2)15-9-7-14(8-10-15)24-19(28)13-11-18(27)26(12-13)17-6-4-3-5-16(17)20(21,22)23/h3-10,13H,11-12H2,1-2H3,(H,24,28). The molecule has 3 rings (SSSR count). The molecule has 0 aliphatic carbocycles. The first-order chi connectivity index (χ1) is 13.2. The third-order valence-electron chi connectivity index (χ3n) is 4.65. The predicted octanol–water partition coefficient (Wildman–Crippen LogP) is 3.76. The number of anilines is 3. The summed E-state index contributed by atoms with van der Waals surface area (Å²) in [6.45, 7) is -0.0897. The molecule has 8 heteroatoms. The third kappa shape index (κ3) is 4.11. The number of amides is 2. The van der Waals surface area contributed by atoms with Crippen molar-refractivity contribution >= 4 is 28.9 Å². The Labute approximate surface area is 160 Å². The molecule has 0 saturated carbocycles. The Kier molecular flexibility index (Phi) is 5.31. The normalized spacial score (nSPS) is 17.0. The number of hydrogen-bond donors (Lipinski definition) is 1. The van der Waals surface area contributed by atoms with Crippen LogP contribution in [0.1, 0.15) is 12.0 Å². The van der Waals surface area contributed by atoms with Gasteiger partial charge >= 0.3 is 6.18 Å². The van der Waals surface area contributed by atoms with Gasteiger partial charge in [-0.15, -0.1) is 0 Å². The van der Waals surface area contributed by atoms with E-state index in [0.717, 1.165) is 16.7 Å². The molecule has 1 aliphatic heterocycles. The quantitative estimate of drug-likeness (QED) is 0.864. The number of hydrogen-bond acceptors (Lipinski definition) is 3. The zero-order chi connectivity index (χ0) is 20.5. The van der Waals surface area contributed by atoms with E-state index < -0.39 is 29.5 Å². The lowest BCUT2D eigenvalue weighted by atomic mass is 10.1. The van der Waals surface area contributed by atoms with Gasteiger partial charge in [0, 0.05) is 38.4 Å². The fourth-order valence-electron chi connectivity index (χ4n) is 3.15. The molecule has 5 nitrogen and oxygen atoms in total. The van der Waals surface area contributed by atoms with Gasteiger partial charge in [0.1, 0.15) is 0 Å². The molecule has 1 saturated heterocycles. The molecular formula is C20H20F3N3O2. The van der Waals surface area contributed by atoms with Gasteiger partial charge in [-0.2, -0.15) is 13.2 Å². The largest absolute Gasteiger partial charge is 0.418 e. The summed E-state index contributed by atoms with van der Waals surface area (Å²) in [4.78, 5) is 27.8. The Morgan fingerprint density at radius 2 is 1.75 bits per heavy atom. The maximum absolute atomic E-state index is 13.2. The van der Waals surface area contributed by atoms with Gasteiger partial charge in [0.15, 0.2) is 0 Å². The topological polar surface area (TPSA) is 52.7 Å². The van der Waals surface area contributed by atoms with Crippen LogP contribution in [-0.2, 0) is 15.8 Å². The third-order valence-corrected chi connectivity index (χ3v) is 4.65. The van der Waals surface area contributed by atoms with E-state index in [0.29, 0.717) is 5.69 Å². The number of carbonyl (C=O) groups excluding carboxylic acids is 2. The van der Waals surface area contributed by atoms with Crippen molar-refractivity contribution in [3.8, 4) is 0 Å². The van der Waals surface area contributed by atoms with E-state index in [1.807, 2.05) is 31.1 Å². The zero-order valence-electron chi connectivity index (χ0n) is 15.5. The molecule has 1 fully saturated rings. The molecule has 0 bridgehead atoms. The Morgan fingerprint density at radius 1 is 1.11 bits per heavy atom. The molecule has 2 aromatic rings. The van der Waals surface area contributed by atoms with Gasteiger partial charge in [0.25, 0.3) is 0 Å². The molecule has 1 N–H and O–H groups in total. The Morgan fingerprint density at radius 3 is 2.36 bits per heavy atom. The van der Waals surface area contributed by atoms with Crippen LogP contribution in [0.5, 0.6) is 0 Å². The van der Waals surface area contributed by atoms with Crippen molar-refractivity contribution in [3.05, 3.63) is 54.1 Å². The number of carbonyl (C=O) groups is 2. The highest BCUT2D eigenvalue weighted by Crippen LogP contribution is 2.38. The average molecular weight is 391 g/mol. The summed E-state index contributed by atoms with van der Waals surface area (Å²) in [7, 11) is 3.79. The maximum Gasteiger partial charge on any atom is 0.418 e. The average Bonchev–Trinajstić information content (AvgIpc) is 3.03. The van der Waals surface area contributed by atoms with Crippen molar-refractivity contribution in [3.63, 3.8) is 0 Å². The van der Waals surface area contributed by atoms with E-state index >= 15 is 0 Å². The van der Waals surface area contributed by atoms with Gasteiger partial charge in [-0.3, -0.25) is 9.59 Å². The van der Waals surface area contributed by atoms with Gasteiger partial charge < -0.3 is 15.1 Å². The first-order valence-electron chi connectivity index (χ1n) is 8.71. The van der Waals surface area contributed by atoms with Crippen LogP contribution in [0, 0.1) is 5.92 Å². The Bertz CT molecular complexity index is 879. The van der Waals surface area contributed by atoms with Crippen LogP contribution in [0.2, 0.25) is 0 Å². The molecule has 0 radical (unpaired) electrons. The highest BCUT2D eigenvalue weighted by molar-refractivity contribution is 6.04. The van der Waals surface area contributed by atoms with Crippen molar-refractivity contribution in [2.75, 3.05) is 35.8 Å². The first kappa shape index (κ1) is 19.7. The van der Waals surface area contributed by atoms with Crippen LogP contribution in [0.15, 0.2) is 48.5 Å². The van der Waals surface area contributed by atoms with Crippen molar-refractivity contribution in [2.45, 2.75) is 12.6 Å². The molecule has 1 aliphatic rings. The summed E-state index contributed by atoms with van der Waals surface area (Å²) in [6.07, 6.45) is -4.71. The van der Waals surface area contributed by atoms with Crippen LogP contribution in [0.4, 0.5) is 30.2 Å². The van der Waals surface area contributed by atoms with Crippen LogP contribution in [0.25, 0.3) is 0 Å². The number of nitrogens with zero attached hydrogens (tertiary/aromatic N) is 2. The number of benzene rings is 2. The molecule has 2 amide bonds. The number of alkyl halides is 3. The monoisotopic (exact) mass is 391 g/mol. The number of nitrogens with one attached hydrogen (secondary N) is 1. The van der Waals surface area contributed by atoms with Crippen LogP contribution < -0.4 is 15.1 Å². The molecule has 28 heavy (non-hydrogen) atoms. The smallest absolute Gasteiger partial charge is 0.378 e. The van der Waals surface area contributed by atoms with Crippen LogP contribution in [-0.4, -0.2) is 32.5 Å². The molecule has 2 aromatic carbocycles. The number of halogens is 3. The van der Waals surface area contributed by atoms with Gasteiger partial charge in [0.05, 0.1) is 17.2 Å². The number of rotatable bonds is 4. The lowest BCUT2D eigenvalue weighted by molar-refractivity contribution is -0.137. The first-order valence-corrected chi connectivity index (χ1v) is 8.71. The minimum atomic E-state index is -4.58. The van der Waals surface area contributed by atoms with Crippen molar-refractivity contribution < 1.29 is 22.8 Å². The van der Waals surface area contributed by atoms with E-state index in [1.54, 1.807) is 12.1 Å². The summed E-state index contributed by atoms with van der Waals surface area (Å²) in [5.74, 6) is -1.61. The highest BCUT2D eigenvalue weighted by Gasteiger charge is 2.40. The minimum Gasteiger partial charge on any atom is -0.378 e. The van der Waals surface area contributed by atoms with E-state index in [4.69, 9.17) is 0 Å². The second-order valence-corrected chi connectivity index (χ2v) is 6.85. The molecule has 0 aromatic heterocycles. The van der Waals surface area contributed by atoms with E-state index in [2.05, 4.69) is 5.32 Å². The van der Waals surface area contributed by atoms with Gasteiger partial charge in [-0.25, -0.2) is 0 Å². The van der Waals surface area contributed by atoms with Crippen molar-refractivity contribution in [1.29, 1.82) is 0 Å². The predicted molar refractivity (Wildman–Crippen MR) is 101 cm³/mol. The molecular weight excluding hydrogens is 371 g/mol. The Hall–Kier alpha value is -3.03. The van der Waals surface area contributed by atoms with E-state index in [1.165, 1.54) is 18.2 Å². The SMILES string of the molecule is CN(C)c1ccc(NC(=O)C2CC(=O)N(c3ccccc3C(F)(F)F)C2)cc1. The van der Waals surface area contributed by atoms with Crippen LogP contribution >= 0.6 is 0 Å². The molecule has 0 spiro atoms. The number of para-hydroxylation sites is 1. The second kappa shape index (κ2) is 7.53. The summed E-state index contributed by atoms with van der Waals surface area (Å²) in [5.41, 5.74) is 0.426. The van der Waals surface area contributed by atoms with Crippen LogP contribution in [0.3, 0.4) is 0 Å². The van der Waals surface area contributed by atoms with Crippen molar-refractivity contribution in [2.24, 2.45) is 5.92 Å². The molecule has 1 unspecified atom stereocenters. The summed E-state index contributed by atoms with van der Waals surface area (Å²) >= 11 is 0. The Balaban J connectivity index is 1.73. The second-order valence-electron chi connectivity index (χ2n) is 6.85. The van der Waals surface area contributed by atoms with E-state index in [-0.39, 0.29) is 18.7 Å². The lowest BCUT2D eigenvalue weighted by Crippen LogP contribution is -2.29. The summed E-state index contributed by atoms with van der Waals surface area (Å²) in [6, 6.07) is 12.0. The maximum atomic E-state index is 13.2. The van der Waals surface area contributed by atoms with E-state index in [9.17, 15) is 22.8 Å². The lowest BCUT2D eigenvalue weighted by Gasteiger charge is -2.21. The van der Waals surface area contributed by atoms with Gasteiger partial charge in [0.2, 0.25) is 11.8 Å². The fraction of sp³-hybridized carbons (Fsp3) is 0.300. The summed E-state index contributed by atoms with van der Waals surface area (Å²) < 4.78 is 39.7. The molecule has 148 valence electrons. The highest BCUT2D eigenvalue weighted by atomic mass is 19.4. The summed E-state index contributed by atoms with van der Waals surface area (Å²) in [5, 5.41) is 2.73. The molecule has 1 atom stereocenters. The van der Waals surface area contributed by atoms with Crippen molar-refractivity contribution in [1.82, 2.24) is 0 Å². The fourth-order valence-corrected chi connectivity index (χ4v) is 3.15. The molecule has 1 heterocycles. The van der Waals surface area contributed by atoms with Gasteiger partial charge in [-0.1, -0.05) is 12.1 Å².